The number of carbonyl (C=O) groups is 2. The minimum atomic E-state index is -0.289. The Hall–Kier alpha value is -1.40. The summed E-state index contributed by atoms with van der Waals surface area (Å²) in [4.78, 5) is 27.6. The van der Waals surface area contributed by atoms with E-state index >= 15 is 0 Å². The van der Waals surface area contributed by atoms with Gasteiger partial charge in [-0.2, -0.15) is 0 Å². The summed E-state index contributed by atoms with van der Waals surface area (Å²) in [7, 11) is 0. The number of aryl methyl sites for hydroxylation is 1. The normalized spacial score (nSPS) is 18.3. The average Bonchev–Trinajstić information content (AvgIpc) is 2.77. The molecule has 1 aromatic rings. The largest absolute Gasteiger partial charge is 0.462 e. The molecule has 0 saturated carbocycles. The van der Waals surface area contributed by atoms with Crippen LogP contribution in [0.4, 0.5) is 5.00 Å². The third-order valence-electron chi connectivity index (χ3n) is 5.13. The SMILES string of the molecule is CCOC(=O)c1c(NC(=O)C[NH+]2CCCCC2)sc2c1CCCCC2. The van der Waals surface area contributed by atoms with Crippen LogP contribution in [-0.2, 0) is 22.4 Å². The predicted molar refractivity (Wildman–Crippen MR) is 99.6 cm³/mol. The molecule has 2 heterocycles. The van der Waals surface area contributed by atoms with Crippen LogP contribution in [0.2, 0.25) is 0 Å². The van der Waals surface area contributed by atoms with Gasteiger partial charge in [-0.25, -0.2) is 4.79 Å². The molecular formula is C19H29N2O3S+. The summed E-state index contributed by atoms with van der Waals surface area (Å²) >= 11 is 1.58. The highest BCUT2D eigenvalue weighted by Gasteiger charge is 2.27. The highest BCUT2D eigenvalue weighted by Crippen LogP contribution is 2.37. The van der Waals surface area contributed by atoms with Crippen molar-refractivity contribution in [1.82, 2.24) is 0 Å². The second kappa shape index (κ2) is 8.81. The molecule has 1 aliphatic carbocycles. The van der Waals surface area contributed by atoms with E-state index in [4.69, 9.17) is 4.74 Å². The first-order valence-electron chi connectivity index (χ1n) is 9.64. The maximum absolute atomic E-state index is 12.5. The van der Waals surface area contributed by atoms with Gasteiger partial charge >= 0.3 is 5.97 Å². The molecule has 1 amide bonds. The zero-order valence-corrected chi connectivity index (χ0v) is 15.9. The van der Waals surface area contributed by atoms with Gasteiger partial charge in [0.15, 0.2) is 6.54 Å². The number of thiophene rings is 1. The summed E-state index contributed by atoms with van der Waals surface area (Å²) in [6, 6.07) is 0. The lowest BCUT2D eigenvalue weighted by Gasteiger charge is -2.22. The van der Waals surface area contributed by atoms with Gasteiger partial charge in [0.05, 0.1) is 25.3 Å². The molecule has 0 atom stereocenters. The fourth-order valence-electron chi connectivity index (χ4n) is 3.88. The van der Waals surface area contributed by atoms with Gasteiger partial charge in [0.1, 0.15) is 5.00 Å². The Bertz CT molecular complexity index is 620. The Morgan fingerprint density at radius 3 is 2.56 bits per heavy atom. The third kappa shape index (κ3) is 4.61. The molecule has 0 radical (unpaired) electrons. The van der Waals surface area contributed by atoms with Crippen molar-refractivity contribution in [2.75, 3.05) is 31.6 Å². The number of quaternary nitrogens is 1. The molecule has 138 valence electrons. The van der Waals surface area contributed by atoms with Crippen molar-refractivity contribution in [3.8, 4) is 0 Å². The first-order valence-corrected chi connectivity index (χ1v) is 10.5. The van der Waals surface area contributed by atoms with Crippen LogP contribution >= 0.6 is 11.3 Å². The number of hydrogen-bond donors (Lipinski definition) is 2. The zero-order chi connectivity index (χ0) is 17.6. The summed E-state index contributed by atoms with van der Waals surface area (Å²) in [5.41, 5.74) is 1.73. The topological polar surface area (TPSA) is 59.8 Å². The summed E-state index contributed by atoms with van der Waals surface area (Å²) in [6.45, 7) is 4.80. The van der Waals surface area contributed by atoms with Gasteiger partial charge in [-0.1, -0.05) is 6.42 Å². The number of amides is 1. The van der Waals surface area contributed by atoms with Crippen LogP contribution in [0.15, 0.2) is 0 Å². The predicted octanol–water partition coefficient (Wildman–Crippen LogP) is 2.20. The molecule has 0 bridgehead atoms. The van der Waals surface area contributed by atoms with E-state index in [1.807, 2.05) is 6.92 Å². The number of carbonyl (C=O) groups excluding carboxylic acids is 2. The Morgan fingerprint density at radius 2 is 1.80 bits per heavy atom. The second-order valence-corrected chi connectivity index (χ2v) is 8.13. The number of ether oxygens (including phenoxy) is 1. The average molecular weight is 366 g/mol. The lowest BCUT2D eigenvalue weighted by atomic mass is 10.1. The standard InChI is InChI=1S/C19H28N2O3S/c1-2-24-19(23)17-14-9-5-3-6-10-15(14)25-18(17)20-16(22)13-21-11-7-4-8-12-21/h2-13H2,1H3,(H,20,22)/p+1. The molecule has 1 aliphatic heterocycles. The molecule has 3 rings (SSSR count). The van der Waals surface area contributed by atoms with Crippen LogP contribution < -0.4 is 10.2 Å². The van der Waals surface area contributed by atoms with Crippen LogP contribution in [-0.4, -0.2) is 38.1 Å². The Kier molecular flexibility index (Phi) is 6.48. The number of hydrogen-bond acceptors (Lipinski definition) is 4. The van der Waals surface area contributed by atoms with Crippen molar-refractivity contribution in [1.29, 1.82) is 0 Å². The van der Waals surface area contributed by atoms with Crippen molar-refractivity contribution in [2.45, 2.75) is 58.3 Å². The first-order chi connectivity index (χ1) is 12.2. The van der Waals surface area contributed by atoms with E-state index in [9.17, 15) is 9.59 Å². The third-order valence-corrected chi connectivity index (χ3v) is 6.33. The zero-order valence-electron chi connectivity index (χ0n) is 15.1. The van der Waals surface area contributed by atoms with E-state index in [1.54, 1.807) is 11.3 Å². The van der Waals surface area contributed by atoms with E-state index < -0.39 is 0 Å². The smallest absolute Gasteiger partial charge is 0.341 e. The first kappa shape index (κ1) is 18.4. The van der Waals surface area contributed by atoms with E-state index in [1.165, 1.54) is 35.5 Å². The van der Waals surface area contributed by atoms with Crippen molar-refractivity contribution in [2.24, 2.45) is 0 Å². The van der Waals surface area contributed by atoms with E-state index in [0.29, 0.717) is 23.7 Å². The second-order valence-electron chi connectivity index (χ2n) is 7.02. The molecule has 6 heteroatoms. The molecule has 2 aliphatic rings. The van der Waals surface area contributed by atoms with Crippen molar-refractivity contribution in [3.05, 3.63) is 16.0 Å². The number of fused-ring (bicyclic) bond motifs is 1. The lowest BCUT2D eigenvalue weighted by Crippen LogP contribution is -3.13. The van der Waals surface area contributed by atoms with E-state index in [-0.39, 0.29) is 11.9 Å². The van der Waals surface area contributed by atoms with Gasteiger partial charge < -0.3 is 15.0 Å². The van der Waals surface area contributed by atoms with Gasteiger partial charge in [-0.15, -0.1) is 11.3 Å². The fourth-order valence-corrected chi connectivity index (χ4v) is 5.17. The molecular weight excluding hydrogens is 336 g/mol. The lowest BCUT2D eigenvalue weighted by molar-refractivity contribution is -0.896. The quantitative estimate of drug-likeness (QED) is 0.621. The Morgan fingerprint density at radius 1 is 1.08 bits per heavy atom. The molecule has 0 spiro atoms. The molecule has 1 fully saturated rings. The number of nitrogens with one attached hydrogen (secondary N) is 2. The van der Waals surface area contributed by atoms with Crippen molar-refractivity contribution >= 4 is 28.2 Å². The number of anilines is 1. The van der Waals surface area contributed by atoms with Gasteiger partial charge in [0.2, 0.25) is 0 Å². The molecule has 25 heavy (non-hydrogen) atoms. The molecule has 2 N–H and O–H groups in total. The number of piperidine rings is 1. The molecule has 5 nitrogen and oxygen atoms in total. The summed E-state index contributed by atoms with van der Waals surface area (Å²) in [5.74, 6) is -0.277. The molecule has 1 saturated heterocycles. The monoisotopic (exact) mass is 365 g/mol. The van der Waals surface area contributed by atoms with Crippen molar-refractivity contribution < 1.29 is 19.2 Å². The minimum absolute atomic E-state index is 0.0128. The maximum atomic E-state index is 12.5. The fraction of sp³-hybridized carbons (Fsp3) is 0.684. The summed E-state index contributed by atoms with van der Waals surface area (Å²) < 4.78 is 5.28. The van der Waals surface area contributed by atoms with Crippen molar-refractivity contribution in [3.63, 3.8) is 0 Å². The van der Waals surface area contributed by atoms with Gasteiger partial charge in [0, 0.05) is 4.88 Å². The van der Waals surface area contributed by atoms with Crippen LogP contribution in [0, 0.1) is 0 Å². The van der Waals surface area contributed by atoms with Crippen LogP contribution in [0.5, 0.6) is 0 Å². The summed E-state index contributed by atoms with van der Waals surface area (Å²) in [6.07, 6.45) is 9.03. The van der Waals surface area contributed by atoms with Gasteiger partial charge in [0.25, 0.3) is 5.91 Å². The Balaban J connectivity index is 1.77. The number of likely N-dealkylation sites (tertiary alicyclic amines) is 1. The summed E-state index contributed by atoms with van der Waals surface area (Å²) in [5, 5.41) is 3.73. The van der Waals surface area contributed by atoms with Gasteiger partial charge in [-0.05, 0) is 57.4 Å². The highest BCUT2D eigenvalue weighted by molar-refractivity contribution is 7.17. The maximum Gasteiger partial charge on any atom is 0.341 e. The number of rotatable bonds is 5. The minimum Gasteiger partial charge on any atom is -0.462 e. The number of esters is 1. The van der Waals surface area contributed by atoms with E-state index in [0.717, 1.165) is 44.3 Å². The van der Waals surface area contributed by atoms with Crippen LogP contribution in [0.3, 0.4) is 0 Å². The van der Waals surface area contributed by atoms with Gasteiger partial charge in [-0.3, -0.25) is 4.79 Å². The molecule has 0 unspecified atom stereocenters. The van der Waals surface area contributed by atoms with Crippen LogP contribution in [0.25, 0.3) is 0 Å². The molecule has 1 aromatic heterocycles. The highest BCUT2D eigenvalue weighted by atomic mass is 32.1. The Labute approximate surface area is 153 Å². The van der Waals surface area contributed by atoms with E-state index in [2.05, 4.69) is 5.32 Å². The molecule has 0 aromatic carbocycles. The van der Waals surface area contributed by atoms with Crippen LogP contribution in [0.1, 0.15) is 66.2 Å².